The summed E-state index contributed by atoms with van der Waals surface area (Å²) >= 11 is 1.36. The summed E-state index contributed by atoms with van der Waals surface area (Å²) in [6, 6.07) is 3.25. The van der Waals surface area contributed by atoms with E-state index in [0.29, 0.717) is 37.4 Å². The van der Waals surface area contributed by atoms with Crippen LogP contribution in [0.25, 0.3) is 0 Å². The molecular formula is C17H25N3O4S2. The van der Waals surface area contributed by atoms with Crippen LogP contribution in [0.3, 0.4) is 0 Å². The van der Waals surface area contributed by atoms with Crippen molar-refractivity contribution in [1.82, 2.24) is 14.5 Å². The zero-order chi connectivity index (χ0) is 18.7. The van der Waals surface area contributed by atoms with Crippen LogP contribution < -0.4 is 5.32 Å². The maximum absolute atomic E-state index is 12.7. The van der Waals surface area contributed by atoms with E-state index in [1.165, 1.54) is 21.9 Å². The third kappa shape index (κ3) is 4.27. The van der Waals surface area contributed by atoms with Gasteiger partial charge in [-0.2, -0.15) is 4.31 Å². The van der Waals surface area contributed by atoms with E-state index in [9.17, 15) is 18.0 Å². The summed E-state index contributed by atoms with van der Waals surface area (Å²) < 4.78 is 26.3. The lowest BCUT2D eigenvalue weighted by molar-refractivity contribution is -0.127. The molecule has 1 aromatic rings. The zero-order valence-electron chi connectivity index (χ0n) is 14.9. The average molecular weight is 400 g/mol. The molecule has 144 valence electrons. The first-order valence-corrected chi connectivity index (χ1v) is 11.7. The number of nitrogens with zero attached hydrogens (tertiary/aromatic N) is 2. The largest absolute Gasteiger partial charge is 0.354 e. The van der Waals surface area contributed by atoms with Crippen LogP contribution in [0.4, 0.5) is 0 Å². The fourth-order valence-corrected chi connectivity index (χ4v) is 5.72. The number of carbonyl (C=O) groups is 2. The number of carbonyl (C=O) groups excluding carboxylic acids is 2. The molecule has 0 unspecified atom stereocenters. The molecule has 26 heavy (non-hydrogen) atoms. The standard InChI is InChI=1S/C17H25N3O4S2/c1-26(23,24)20-11-10-19(17(22)15-7-4-12-25-15)9-8-18-16(21)13-5-2-3-6-14(13)20/h4,7,12-14H,2-3,5-6,8-11H2,1H3,(H,18,21)/t13-,14+/m0/s1. The van der Waals surface area contributed by atoms with E-state index >= 15 is 0 Å². The van der Waals surface area contributed by atoms with Crippen LogP contribution in [-0.4, -0.2) is 67.9 Å². The lowest BCUT2D eigenvalue weighted by Crippen LogP contribution is -2.55. The van der Waals surface area contributed by atoms with E-state index in [1.807, 2.05) is 11.4 Å². The van der Waals surface area contributed by atoms with Crippen molar-refractivity contribution in [2.45, 2.75) is 31.7 Å². The molecule has 0 aromatic carbocycles. The van der Waals surface area contributed by atoms with Gasteiger partial charge in [-0.3, -0.25) is 9.59 Å². The molecule has 7 nitrogen and oxygen atoms in total. The molecule has 1 aliphatic carbocycles. The molecule has 2 fully saturated rings. The summed E-state index contributed by atoms with van der Waals surface area (Å²) in [5.74, 6) is -0.532. The van der Waals surface area contributed by atoms with E-state index < -0.39 is 10.0 Å². The van der Waals surface area contributed by atoms with Crippen LogP contribution in [0.15, 0.2) is 17.5 Å². The predicted molar refractivity (Wildman–Crippen MR) is 101 cm³/mol. The molecule has 1 aromatic heterocycles. The van der Waals surface area contributed by atoms with Crippen LogP contribution in [-0.2, 0) is 14.8 Å². The third-order valence-corrected chi connectivity index (χ3v) is 7.32. The number of hydrogen-bond acceptors (Lipinski definition) is 5. The summed E-state index contributed by atoms with van der Waals surface area (Å²) in [4.78, 5) is 27.6. The Hall–Kier alpha value is -1.45. The smallest absolute Gasteiger partial charge is 0.264 e. The molecule has 2 amide bonds. The molecule has 2 atom stereocenters. The molecule has 0 radical (unpaired) electrons. The zero-order valence-corrected chi connectivity index (χ0v) is 16.5. The van der Waals surface area contributed by atoms with Crippen molar-refractivity contribution < 1.29 is 18.0 Å². The average Bonchev–Trinajstić information content (AvgIpc) is 3.13. The monoisotopic (exact) mass is 399 g/mol. The van der Waals surface area contributed by atoms with Crippen LogP contribution in [0.5, 0.6) is 0 Å². The molecule has 1 aliphatic heterocycles. The van der Waals surface area contributed by atoms with Gasteiger partial charge in [0.15, 0.2) is 0 Å². The van der Waals surface area contributed by atoms with Crippen LogP contribution >= 0.6 is 11.3 Å². The van der Waals surface area contributed by atoms with Crippen molar-refractivity contribution >= 4 is 33.2 Å². The van der Waals surface area contributed by atoms with Gasteiger partial charge in [0.25, 0.3) is 5.91 Å². The number of sulfonamides is 1. The summed E-state index contributed by atoms with van der Waals surface area (Å²) in [7, 11) is -3.47. The maximum Gasteiger partial charge on any atom is 0.264 e. The maximum atomic E-state index is 12.7. The van der Waals surface area contributed by atoms with E-state index in [1.54, 1.807) is 11.0 Å². The highest BCUT2D eigenvalue weighted by Crippen LogP contribution is 2.30. The Bertz CT molecular complexity index is 748. The van der Waals surface area contributed by atoms with E-state index in [4.69, 9.17) is 0 Å². The van der Waals surface area contributed by atoms with E-state index in [0.717, 1.165) is 12.8 Å². The summed E-state index contributed by atoms with van der Waals surface area (Å²) in [6.45, 7) is 1.31. The summed E-state index contributed by atoms with van der Waals surface area (Å²) in [5.41, 5.74) is 0. The molecular weight excluding hydrogens is 374 g/mol. The second kappa shape index (κ2) is 8.06. The summed E-state index contributed by atoms with van der Waals surface area (Å²) in [5, 5.41) is 4.74. The second-order valence-electron chi connectivity index (χ2n) is 6.89. The van der Waals surface area contributed by atoms with Crippen molar-refractivity contribution in [3.8, 4) is 0 Å². The Labute approximate surface area is 158 Å². The first-order valence-electron chi connectivity index (χ1n) is 8.95. The number of hydrogen-bond donors (Lipinski definition) is 1. The van der Waals surface area contributed by atoms with Gasteiger partial charge in [-0.05, 0) is 24.3 Å². The number of rotatable bonds is 2. The first kappa shape index (κ1) is 19.3. The minimum Gasteiger partial charge on any atom is -0.354 e. The van der Waals surface area contributed by atoms with Crippen molar-refractivity contribution in [3.05, 3.63) is 22.4 Å². The fourth-order valence-electron chi connectivity index (χ4n) is 3.87. The van der Waals surface area contributed by atoms with Gasteiger partial charge in [0.2, 0.25) is 15.9 Å². The first-order chi connectivity index (χ1) is 12.4. The van der Waals surface area contributed by atoms with Crippen LogP contribution in [0.1, 0.15) is 35.4 Å². The SMILES string of the molecule is CS(=O)(=O)N1CCN(C(=O)c2cccs2)CCNC(=O)[C@H]2CCCC[C@H]21. The lowest BCUT2D eigenvalue weighted by Gasteiger charge is -2.39. The highest BCUT2D eigenvalue weighted by molar-refractivity contribution is 7.88. The highest BCUT2D eigenvalue weighted by atomic mass is 32.2. The molecule has 9 heteroatoms. The molecule has 0 spiro atoms. The van der Waals surface area contributed by atoms with Gasteiger partial charge in [0.1, 0.15) is 0 Å². The summed E-state index contributed by atoms with van der Waals surface area (Å²) in [6.07, 6.45) is 4.44. The molecule has 2 aliphatic rings. The van der Waals surface area contributed by atoms with Gasteiger partial charge in [-0.15, -0.1) is 11.3 Å². The molecule has 1 saturated carbocycles. The van der Waals surface area contributed by atoms with E-state index in [-0.39, 0.29) is 30.3 Å². The van der Waals surface area contributed by atoms with Gasteiger partial charge in [0, 0.05) is 32.2 Å². The van der Waals surface area contributed by atoms with Crippen molar-refractivity contribution in [2.24, 2.45) is 5.92 Å². The van der Waals surface area contributed by atoms with Crippen molar-refractivity contribution in [3.63, 3.8) is 0 Å². The Balaban J connectivity index is 1.85. The number of thiophene rings is 1. The quantitative estimate of drug-likeness (QED) is 0.808. The molecule has 1 N–H and O–H groups in total. The predicted octanol–water partition coefficient (Wildman–Crippen LogP) is 1.14. The highest BCUT2D eigenvalue weighted by Gasteiger charge is 2.39. The van der Waals surface area contributed by atoms with Crippen molar-refractivity contribution in [1.29, 1.82) is 0 Å². The van der Waals surface area contributed by atoms with Crippen LogP contribution in [0.2, 0.25) is 0 Å². The van der Waals surface area contributed by atoms with Gasteiger partial charge in [0.05, 0.1) is 17.1 Å². The van der Waals surface area contributed by atoms with E-state index in [2.05, 4.69) is 5.32 Å². The van der Waals surface area contributed by atoms with Gasteiger partial charge in [-0.25, -0.2) is 8.42 Å². The topological polar surface area (TPSA) is 86.8 Å². The number of amides is 2. The Morgan fingerprint density at radius 3 is 2.69 bits per heavy atom. The third-order valence-electron chi connectivity index (χ3n) is 5.15. The minimum atomic E-state index is -3.47. The fraction of sp³-hybridized carbons (Fsp3) is 0.647. The van der Waals surface area contributed by atoms with Crippen molar-refractivity contribution in [2.75, 3.05) is 32.4 Å². The lowest BCUT2D eigenvalue weighted by atomic mass is 9.83. The Morgan fingerprint density at radius 2 is 2.00 bits per heavy atom. The molecule has 2 heterocycles. The molecule has 0 bridgehead atoms. The second-order valence-corrected chi connectivity index (χ2v) is 9.78. The molecule has 3 rings (SSSR count). The number of nitrogens with one attached hydrogen (secondary N) is 1. The Kier molecular flexibility index (Phi) is 5.99. The Morgan fingerprint density at radius 1 is 1.23 bits per heavy atom. The number of fused-ring (bicyclic) bond motifs is 1. The van der Waals surface area contributed by atoms with Gasteiger partial charge in [-0.1, -0.05) is 18.9 Å². The minimum absolute atomic E-state index is 0.103. The molecule has 1 saturated heterocycles. The van der Waals surface area contributed by atoms with Gasteiger partial charge < -0.3 is 10.2 Å². The van der Waals surface area contributed by atoms with Gasteiger partial charge >= 0.3 is 0 Å². The normalized spacial score (nSPS) is 26.0. The van der Waals surface area contributed by atoms with Crippen LogP contribution in [0, 0.1) is 5.92 Å².